The minimum Gasteiger partial charge on any atom is -0.336 e. The van der Waals surface area contributed by atoms with Gasteiger partial charge >= 0.3 is 6.03 Å². The van der Waals surface area contributed by atoms with Crippen LogP contribution in [-0.4, -0.2) is 66.9 Å². The van der Waals surface area contributed by atoms with Gasteiger partial charge in [0.05, 0.1) is 0 Å². The van der Waals surface area contributed by atoms with Gasteiger partial charge in [0.2, 0.25) is 0 Å². The van der Waals surface area contributed by atoms with Crippen molar-refractivity contribution in [1.82, 2.24) is 15.1 Å². The van der Waals surface area contributed by atoms with Crippen LogP contribution in [0.25, 0.3) is 0 Å². The second-order valence-electron chi connectivity index (χ2n) is 11.1. The zero-order valence-electron chi connectivity index (χ0n) is 21.5. The van der Waals surface area contributed by atoms with Crippen LogP contribution in [0, 0.1) is 17.8 Å². The fourth-order valence-electron chi connectivity index (χ4n) is 6.49. The number of piperidine rings is 4. The third-order valence-electron chi connectivity index (χ3n) is 8.63. The van der Waals surface area contributed by atoms with Crippen molar-refractivity contribution in [3.05, 3.63) is 65.7 Å². The van der Waals surface area contributed by atoms with E-state index in [1.807, 2.05) is 0 Å². The number of anilines is 1. The van der Waals surface area contributed by atoms with Crippen LogP contribution < -0.4 is 10.6 Å². The standard InChI is InChI=1S/C30H40N4O2/c1-22(35)25-7-9-28(10-8-25)32-30(36)31-19-29-18-26-13-16-34(29)21-27(26)20-33-14-11-24(12-15-33)17-23-5-3-2-4-6-23/h2-10,24,26-27,29H,11-21H2,1H3,(H2,31,32,36)/t26-,27+,29+/m1/s1. The largest absolute Gasteiger partial charge is 0.336 e. The number of hydrogen-bond donors (Lipinski definition) is 2. The number of benzene rings is 2. The number of carbonyl (C=O) groups excluding carboxylic acids is 2. The number of Topliss-reactive ketones (excluding diaryl/α,β-unsaturated/α-hetero) is 1. The number of amides is 2. The average molecular weight is 489 g/mol. The molecule has 2 amide bonds. The van der Waals surface area contributed by atoms with Crippen LogP contribution in [0.3, 0.4) is 0 Å². The molecular formula is C30H40N4O2. The lowest BCUT2D eigenvalue weighted by atomic mass is 9.75. The minimum absolute atomic E-state index is 0.0262. The molecule has 2 aromatic rings. The Labute approximate surface area is 215 Å². The van der Waals surface area contributed by atoms with E-state index in [1.54, 1.807) is 31.2 Å². The highest BCUT2D eigenvalue weighted by molar-refractivity contribution is 5.95. The Hall–Kier alpha value is -2.70. The second kappa shape index (κ2) is 11.6. The summed E-state index contributed by atoms with van der Waals surface area (Å²) >= 11 is 0. The molecule has 2 N–H and O–H groups in total. The predicted octanol–water partition coefficient (Wildman–Crippen LogP) is 4.68. The van der Waals surface area contributed by atoms with Gasteiger partial charge in [-0.25, -0.2) is 4.79 Å². The molecule has 0 radical (unpaired) electrons. The molecule has 4 heterocycles. The molecule has 1 unspecified atom stereocenters. The molecule has 6 heteroatoms. The highest BCUT2D eigenvalue weighted by atomic mass is 16.2. The Morgan fingerprint density at radius 3 is 2.36 bits per heavy atom. The third-order valence-corrected chi connectivity index (χ3v) is 8.63. The molecule has 2 bridgehead atoms. The summed E-state index contributed by atoms with van der Waals surface area (Å²) in [5.41, 5.74) is 2.83. The minimum atomic E-state index is -0.178. The maximum atomic E-state index is 12.4. The summed E-state index contributed by atoms with van der Waals surface area (Å²) in [4.78, 5) is 29.2. The van der Waals surface area contributed by atoms with Gasteiger partial charge in [0.1, 0.15) is 0 Å². The van der Waals surface area contributed by atoms with E-state index in [9.17, 15) is 9.59 Å². The van der Waals surface area contributed by atoms with E-state index in [2.05, 4.69) is 50.8 Å². The number of carbonyl (C=O) groups is 2. The molecule has 0 aromatic heterocycles. The average Bonchev–Trinajstić information content (AvgIpc) is 2.90. The molecule has 6 rings (SSSR count). The maximum Gasteiger partial charge on any atom is 0.319 e. The van der Waals surface area contributed by atoms with Gasteiger partial charge in [-0.15, -0.1) is 0 Å². The third kappa shape index (κ3) is 6.34. The zero-order valence-corrected chi connectivity index (χ0v) is 21.5. The van der Waals surface area contributed by atoms with Crippen molar-refractivity contribution in [1.29, 1.82) is 0 Å². The summed E-state index contributed by atoms with van der Waals surface area (Å²) < 4.78 is 0. The quantitative estimate of drug-likeness (QED) is 0.530. The van der Waals surface area contributed by atoms with Crippen LogP contribution in [0.1, 0.15) is 48.5 Å². The Kier molecular flexibility index (Phi) is 8.02. The van der Waals surface area contributed by atoms with Crippen molar-refractivity contribution in [2.75, 3.05) is 44.6 Å². The summed E-state index contributed by atoms with van der Waals surface area (Å²) in [6.45, 7) is 8.25. The number of rotatable bonds is 8. The van der Waals surface area contributed by atoms with Gasteiger partial charge in [0.25, 0.3) is 0 Å². The predicted molar refractivity (Wildman–Crippen MR) is 144 cm³/mol. The molecular weight excluding hydrogens is 448 g/mol. The first-order valence-corrected chi connectivity index (χ1v) is 13.7. The molecule has 4 saturated heterocycles. The Balaban J connectivity index is 1.03. The highest BCUT2D eigenvalue weighted by Gasteiger charge is 2.40. The normalized spacial score (nSPS) is 26.5. The molecule has 192 valence electrons. The van der Waals surface area contributed by atoms with E-state index in [-0.39, 0.29) is 11.8 Å². The molecule has 4 fully saturated rings. The fourth-order valence-corrected chi connectivity index (χ4v) is 6.49. The van der Waals surface area contributed by atoms with Crippen LogP contribution in [-0.2, 0) is 6.42 Å². The maximum absolute atomic E-state index is 12.4. The molecule has 0 aliphatic carbocycles. The summed E-state index contributed by atoms with van der Waals surface area (Å²) in [7, 11) is 0. The number of urea groups is 1. The van der Waals surface area contributed by atoms with Crippen LogP contribution in [0.5, 0.6) is 0 Å². The Bertz CT molecular complexity index is 1020. The summed E-state index contributed by atoms with van der Waals surface area (Å²) in [5.74, 6) is 2.38. The van der Waals surface area contributed by atoms with Crippen molar-refractivity contribution >= 4 is 17.5 Å². The smallest absolute Gasteiger partial charge is 0.319 e. The molecule has 2 aromatic carbocycles. The zero-order chi connectivity index (χ0) is 24.9. The molecule has 36 heavy (non-hydrogen) atoms. The topological polar surface area (TPSA) is 64.7 Å². The highest BCUT2D eigenvalue weighted by Crippen LogP contribution is 2.37. The van der Waals surface area contributed by atoms with E-state index in [0.29, 0.717) is 23.8 Å². The van der Waals surface area contributed by atoms with E-state index in [1.165, 1.54) is 57.3 Å². The number of nitrogens with one attached hydrogen (secondary N) is 2. The SMILES string of the molecule is CC(=O)c1ccc(NC(=O)NC[C@@H]2C[C@H]3CCN2C[C@@H]3CN2CCC(Cc3ccccc3)CC2)cc1. The van der Waals surface area contributed by atoms with Crippen LogP contribution >= 0.6 is 0 Å². The second-order valence-corrected chi connectivity index (χ2v) is 11.1. The lowest BCUT2D eigenvalue weighted by molar-refractivity contribution is -0.0145. The van der Waals surface area contributed by atoms with E-state index in [4.69, 9.17) is 0 Å². The fraction of sp³-hybridized carbons (Fsp3) is 0.533. The molecule has 0 spiro atoms. The van der Waals surface area contributed by atoms with Crippen molar-refractivity contribution in [3.63, 3.8) is 0 Å². The van der Waals surface area contributed by atoms with Crippen LogP contribution in [0.15, 0.2) is 54.6 Å². The van der Waals surface area contributed by atoms with Gasteiger partial charge in [-0.1, -0.05) is 30.3 Å². The lowest BCUT2D eigenvalue weighted by Gasteiger charge is -2.51. The number of nitrogens with zero attached hydrogens (tertiary/aromatic N) is 2. The van der Waals surface area contributed by atoms with Gasteiger partial charge in [0, 0.05) is 36.9 Å². The van der Waals surface area contributed by atoms with Gasteiger partial charge < -0.3 is 15.5 Å². The van der Waals surface area contributed by atoms with Crippen molar-refractivity contribution in [2.45, 2.75) is 45.1 Å². The number of hydrogen-bond acceptors (Lipinski definition) is 4. The lowest BCUT2D eigenvalue weighted by Crippen LogP contribution is -2.59. The Morgan fingerprint density at radius 1 is 0.944 bits per heavy atom. The number of ketones is 1. The van der Waals surface area contributed by atoms with E-state index in [0.717, 1.165) is 30.8 Å². The molecule has 0 saturated carbocycles. The first-order chi connectivity index (χ1) is 17.5. The first-order valence-electron chi connectivity index (χ1n) is 13.7. The number of fused-ring (bicyclic) bond motifs is 3. The van der Waals surface area contributed by atoms with E-state index < -0.39 is 0 Å². The summed E-state index contributed by atoms with van der Waals surface area (Å²) in [5, 5.41) is 5.96. The molecule has 4 atom stereocenters. The molecule has 6 nitrogen and oxygen atoms in total. The van der Waals surface area contributed by atoms with Gasteiger partial charge in [-0.2, -0.15) is 0 Å². The summed E-state index contributed by atoms with van der Waals surface area (Å²) in [6, 6.07) is 18.2. The van der Waals surface area contributed by atoms with Crippen LogP contribution in [0.4, 0.5) is 10.5 Å². The van der Waals surface area contributed by atoms with Crippen LogP contribution in [0.2, 0.25) is 0 Å². The van der Waals surface area contributed by atoms with Crippen molar-refractivity contribution in [2.24, 2.45) is 17.8 Å². The molecule has 4 aliphatic rings. The monoisotopic (exact) mass is 488 g/mol. The van der Waals surface area contributed by atoms with Gasteiger partial charge in [-0.05, 0) is 106 Å². The summed E-state index contributed by atoms with van der Waals surface area (Å²) in [6.07, 6.45) is 6.33. The van der Waals surface area contributed by atoms with Gasteiger partial charge in [0.15, 0.2) is 5.78 Å². The van der Waals surface area contributed by atoms with Gasteiger partial charge in [-0.3, -0.25) is 9.69 Å². The first kappa shape index (κ1) is 25.0. The van der Waals surface area contributed by atoms with Crippen molar-refractivity contribution < 1.29 is 9.59 Å². The number of likely N-dealkylation sites (tertiary alicyclic amines) is 1. The Morgan fingerprint density at radius 2 is 1.69 bits per heavy atom. The van der Waals surface area contributed by atoms with Crippen molar-refractivity contribution in [3.8, 4) is 0 Å². The molecule has 4 aliphatic heterocycles. The van der Waals surface area contributed by atoms with E-state index >= 15 is 0 Å².